The number of ether oxygens (including phenoxy) is 1. The van der Waals surface area contributed by atoms with Crippen LogP contribution in [-0.4, -0.2) is 30.1 Å². The van der Waals surface area contributed by atoms with E-state index >= 15 is 0 Å². The number of hydrogen-bond acceptors (Lipinski definition) is 4. The third kappa shape index (κ3) is 4.15. The summed E-state index contributed by atoms with van der Waals surface area (Å²) < 4.78 is 5.68. The first-order chi connectivity index (χ1) is 8.06. The molecule has 1 fully saturated rings. The van der Waals surface area contributed by atoms with Crippen molar-refractivity contribution in [2.75, 3.05) is 13.7 Å². The SMILES string of the molecule is C=C(/C=C(\C)C(=N)Cl)N(NC)C1CCCCO1. The fraction of sp³-hybridized carbons (Fsp3) is 0.583. The van der Waals surface area contributed by atoms with Gasteiger partial charge in [0.2, 0.25) is 0 Å². The molecular weight excluding hydrogens is 238 g/mol. The van der Waals surface area contributed by atoms with Crippen LogP contribution in [0.4, 0.5) is 0 Å². The van der Waals surface area contributed by atoms with Gasteiger partial charge in [-0.1, -0.05) is 18.2 Å². The summed E-state index contributed by atoms with van der Waals surface area (Å²) >= 11 is 5.61. The van der Waals surface area contributed by atoms with E-state index in [1.807, 2.05) is 12.1 Å². The molecule has 2 N–H and O–H groups in total. The second kappa shape index (κ2) is 6.79. The molecule has 1 aliphatic heterocycles. The van der Waals surface area contributed by atoms with E-state index in [4.69, 9.17) is 21.7 Å². The van der Waals surface area contributed by atoms with E-state index in [9.17, 15) is 0 Å². The van der Waals surface area contributed by atoms with E-state index < -0.39 is 0 Å². The average Bonchev–Trinajstić information content (AvgIpc) is 2.31. The highest BCUT2D eigenvalue weighted by atomic mass is 35.5. The second-order valence-electron chi connectivity index (χ2n) is 4.05. The molecule has 1 saturated heterocycles. The molecule has 0 amide bonds. The van der Waals surface area contributed by atoms with Gasteiger partial charge in [-0.05, 0) is 37.8 Å². The number of halogens is 1. The first kappa shape index (κ1) is 14.2. The van der Waals surface area contributed by atoms with Crippen molar-refractivity contribution in [1.29, 1.82) is 5.41 Å². The largest absolute Gasteiger partial charge is 0.357 e. The Labute approximate surface area is 108 Å². The second-order valence-corrected chi connectivity index (χ2v) is 4.43. The minimum atomic E-state index is 0.00908. The Bertz CT molecular complexity index is 322. The third-order valence-corrected chi connectivity index (χ3v) is 3.02. The zero-order valence-electron chi connectivity index (χ0n) is 10.4. The van der Waals surface area contributed by atoms with Gasteiger partial charge in [0.25, 0.3) is 0 Å². The molecule has 0 aromatic carbocycles. The van der Waals surface area contributed by atoms with Crippen molar-refractivity contribution in [3.05, 3.63) is 23.9 Å². The van der Waals surface area contributed by atoms with Gasteiger partial charge < -0.3 is 4.74 Å². The van der Waals surface area contributed by atoms with Crippen LogP contribution in [0.1, 0.15) is 26.2 Å². The summed E-state index contributed by atoms with van der Waals surface area (Å²) in [4.78, 5) is 0. The number of allylic oxidation sites excluding steroid dienone is 2. The lowest BCUT2D eigenvalue weighted by molar-refractivity contribution is -0.0858. The van der Waals surface area contributed by atoms with Gasteiger partial charge in [0.1, 0.15) is 11.4 Å². The van der Waals surface area contributed by atoms with Gasteiger partial charge in [0.15, 0.2) is 0 Å². The summed E-state index contributed by atoms with van der Waals surface area (Å²) in [5, 5.41) is 9.23. The highest BCUT2D eigenvalue weighted by Gasteiger charge is 2.21. The quantitative estimate of drug-likeness (QED) is 0.452. The van der Waals surface area contributed by atoms with E-state index in [1.54, 1.807) is 13.0 Å². The molecule has 0 aliphatic carbocycles. The molecule has 1 unspecified atom stereocenters. The number of hydrogen-bond donors (Lipinski definition) is 2. The number of rotatable bonds is 5. The fourth-order valence-electron chi connectivity index (χ4n) is 1.78. The van der Waals surface area contributed by atoms with Gasteiger partial charge in [-0.25, -0.2) is 5.43 Å². The van der Waals surface area contributed by atoms with Crippen molar-refractivity contribution in [2.45, 2.75) is 32.4 Å². The Kier molecular flexibility index (Phi) is 5.68. The molecular formula is C12H20ClN3O. The number of nitrogens with one attached hydrogen (secondary N) is 2. The van der Waals surface area contributed by atoms with Crippen LogP contribution in [0.3, 0.4) is 0 Å². The molecule has 0 aromatic heterocycles. The zero-order valence-corrected chi connectivity index (χ0v) is 11.2. The van der Waals surface area contributed by atoms with Gasteiger partial charge in [0.05, 0.1) is 0 Å². The van der Waals surface area contributed by atoms with Crippen molar-refractivity contribution in [2.24, 2.45) is 0 Å². The molecule has 1 atom stereocenters. The standard InChI is InChI=1S/C12H20ClN3O/c1-9(12(13)14)8-10(2)16(15-3)11-6-4-5-7-17-11/h8,11,14-15H,2,4-7H2,1,3H3/b9-8+,14-12?. The summed E-state index contributed by atoms with van der Waals surface area (Å²) in [6, 6.07) is 0. The smallest absolute Gasteiger partial charge is 0.144 e. The van der Waals surface area contributed by atoms with Crippen molar-refractivity contribution in [3.63, 3.8) is 0 Å². The van der Waals surface area contributed by atoms with Crippen LogP contribution >= 0.6 is 11.6 Å². The Morgan fingerprint density at radius 1 is 1.59 bits per heavy atom. The van der Waals surface area contributed by atoms with Crippen molar-refractivity contribution in [3.8, 4) is 0 Å². The first-order valence-corrected chi connectivity index (χ1v) is 6.14. The van der Waals surface area contributed by atoms with Crippen molar-refractivity contribution >= 4 is 16.8 Å². The predicted molar refractivity (Wildman–Crippen MR) is 71.0 cm³/mol. The summed E-state index contributed by atoms with van der Waals surface area (Å²) in [6.45, 7) is 6.54. The maximum atomic E-state index is 7.32. The number of hydrazine groups is 1. The molecule has 0 spiro atoms. The molecule has 0 bridgehead atoms. The third-order valence-electron chi connectivity index (χ3n) is 2.72. The molecule has 1 aliphatic rings. The van der Waals surface area contributed by atoms with Gasteiger partial charge >= 0.3 is 0 Å². The average molecular weight is 258 g/mol. The molecule has 1 heterocycles. The normalized spacial score (nSPS) is 21.1. The molecule has 96 valence electrons. The lowest BCUT2D eigenvalue weighted by Gasteiger charge is -2.35. The van der Waals surface area contributed by atoms with Crippen LogP contribution in [0, 0.1) is 5.41 Å². The molecule has 0 radical (unpaired) electrons. The topological polar surface area (TPSA) is 48.4 Å². The van der Waals surface area contributed by atoms with E-state index in [2.05, 4.69) is 12.0 Å². The van der Waals surface area contributed by atoms with E-state index in [1.165, 1.54) is 0 Å². The molecule has 5 heteroatoms. The van der Waals surface area contributed by atoms with Crippen LogP contribution in [0.25, 0.3) is 0 Å². The molecule has 4 nitrogen and oxygen atoms in total. The van der Waals surface area contributed by atoms with Gasteiger partial charge in [-0.2, -0.15) is 0 Å². The highest BCUT2D eigenvalue weighted by Crippen LogP contribution is 2.19. The summed E-state index contributed by atoms with van der Waals surface area (Å²) in [5.74, 6) is 0. The zero-order chi connectivity index (χ0) is 12.8. The summed E-state index contributed by atoms with van der Waals surface area (Å²) in [7, 11) is 1.83. The maximum Gasteiger partial charge on any atom is 0.144 e. The molecule has 0 aromatic rings. The molecule has 0 saturated carbocycles. The van der Waals surface area contributed by atoms with E-state index in [0.717, 1.165) is 31.6 Å². The Hall–Kier alpha value is -0.840. The predicted octanol–water partition coefficient (Wildman–Crippen LogP) is 2.63. The van der Waals surface area contributed by atoms with Crippen LogP contribution in [0.5, 0.6) is 0 Å². The summed E-state index contributed by atoms with van der Waals surface area (Å²) in [5.41, 5.74) is 4.51. The van der Waals surface area contributed by atoms with Crippen LogP contribution in [-0.2, 0) is 4.74 Å². The first-order valence-electron chi connectivity index (χ1n) is 5.76. The lowest BCUT2D eigenvalue weighted by atomic mass is 10.1. The van der Waals surface area contributed by atoms with E-state index in [-0.39, 0.29) is 11.4 Å². The van der Waals surface area contributed by atoms with E-state index in [0.29, 0.717) is 5.57 Å². The van der Waals surface area contributed by atoms with Crippen LogP contribution in [0.2, 0.25) is 0 Å². The van der Waals surface area contributed by atoms with Gasteiger partial charge in [0, 0.05) is 19.4 Å². The minimum absolute atomic E-state index is 0.00908. The Morgan fingerprint density at radius 3 is 2.76 bits per heavy atom. The maximum absolute atomic E-state index is 7.32. The highest BCUT2D eigenvalue weighted by molar-refractivity contribution is 6.68. The van der Waals surface area contributed by atoms with Gasteiger partial charge in [-0.3, -0.25) is 10.4 Å². The Morgan fingerprint density at radius 2 is 2.29 bits per heavy atom. The fourth-order valence-corrected chi connectivity index (χ4v) is 1.84. The summed E-state index contributed by atoms with van der Waals surface area (Å²) in [6.07, 6.45) is 5.04. The van der Waals surface area contributed by atoms with Gasteiger partial charge in [-0.15, -0.1) is 0 Å². The lowest BCUT2D eigenvalue weighted by Crippen LogP contribution is -2.45. The van der Waals surface area contributed by atoms with Crippen LogP contribution in [0.15, 0.2) is 23.9 Å². The molecule has 17 heavy (non-hydrogen) atoms. The molecule has 1 rings (SSSR count). The monoisotopic (exact) mass is 257 g/mol. The Balaban J connectivity index is 2.69. The number of nitrogens with zero attached hydrogens (tertiary/aromatic N) is 1. The van der Waals surface area contributed by atoms with Crippen molar-refractivity contribution in [1.82, 2.24) is 10.4 Å². The minimum Gasteiger partial charge on any atom is -0.357 e. The van der Waals surface area contributed by atoms with Crippen molar-refractivity contribution < 1.29 is 4.74 Å². The van der Waals surface area contributed by atoms with Crippen LogP contribution < -0.4 is 5.43 Å².